The molecular formula is C12H24N2O. The van der Waals surface area contributed by atoms with Crippen LogP contribution in [0.3, 0.4) is 0 Å². The Hall–Kier alpha value is -0.570. The first-order chi connectivity index (χ1) is 7.18. The summed E-state index contributed by atoms with van der Waals surface area (Å²) in [5.41, 5.74) is 0. The van der Waals surface area contributed by atoms with E-state index in [1.165, 1.54) is 32.1 Å². The topological polar surface area (TPSA) is 41.1 Å². The van der Waals surface area contributed by atoms with E-state index in [1.54, 1.807) is 6.92 Å². The van der Waals surface area contributed by atoms with E-state index in [1.807, 2.05) is 0 Å². The Labute approximate surface area is 93.0 Å². The van der Waals surface area contributed by atoms with E-state index >= 15 is 0 Å². The predicted molar refractivity (Wildman–Crippen MR) is 62.7 cm³/mol. The molecule has 1 fully saturated rings. The molecule has 3 nitrogen and oxygen atoms in total. The minimum Gasteiger partial charge on any atom is -0.355 e. The van der Waals surface area contributed by atoms with E-state index in [2.05, 4.69) is 17.6 Å². The van der Waals surface area contributed by atoms with Crippen molar-refractivity contribution < 1.29 is 4.79 Å². The smallest absolute Gasteiger partial charge is 0.216 e. The van der Waals surface area contributed by atoms with Gasteiger partial charge in [-0.1, -0.05) is 25.7 Å². The number of hydrogen-bond donors (Lipinski definition) is 2. The molecule has 0 spiro atoms. The van der Waals surface area contributed by atoms with Crippen molar-refractivity contribution in [2.45, 2.75) is 52.0 Å². The number of carbonyl (C=O) groups excluding carboxylic acids is 1. The van der Waals surface area contributed by atoms with Gasteiger partial charge in [0, 0.05) is 26.1 Å². The summed E-state index contributed by atoms with van der Waals surface area (Å²) in [6.45, 7) is 5.42. The minimum absolute atomic E-state index is 0.0558. The standard InChI is InChI=1S/C12H24N2O/c1-10(9-12-5-3-4-6-12)13-7-8-14-11(2)15/h10,12-13H,3-9H2,1-2H3,(H,14,15). The third-order valence-electron chi connectivity index (χ3n) is 3.15. The highest BCUT2D eigenvalue weighted by molar-refractivity contribution is 5.72. The third-order valence-corrected chi connectivity index (χ3v) is 3.15. The molecule has 88 valence electrons. The summed E-state index contributed by atoms with van der Waals surface area (Å²) >= 11 is 0. The van der Waals surface area contributed by atoms with Crippen molar-refractivity contribution >= 4 is 5.91 Å². The van der Waals surface area contributed by atoms with Crippen LogP contribution in [0.5, 0.6) is 0 Å². The van der Waals surface area contributed by atoms with Crippen molar-refractivity contribution in [1.82, 2.24) is 10.6 Å². The van der Waals surface area contributed by atoms with Crippen LogP contribution >= 0.6 is 0 Å². The average Bonchev–Trinajstić information content (AvgIpc) is 2.64. The quantitative estimate of drug-likeness (QED) is 0.658. The second kappa shape index (κ2) is 6.83. The van der Waals surface area contributed by atoms with Crippen LogP contribution < -0.4 is 10.6 Å². The molecule has 1 unspecified atom stereocenters. The largest absolute Gasteiger partial charge is 0.355 e. The molecule has 2 N–H and O–H groups in total. The molecule has 1 rings (SSSR count). The Bertz CT molecular complexity index is 188. The summed E-state index contributed by atoms with van der Waals surface area (Å²) in [5, 5.41) is 6.24. The van der Waals surface area contributed by atoms with Crippen LogP contribution in [-0.4, -0.2) is 25.0 Å². The second-order valence-electron chi connectivity index (χ2n) is 4.72. The van der Waals surface area contributed by atoms with Crippen LogP contribution in [0.2, 0.25) is 0 Å². The average molecular weight is 212 g/mol. The molecule has 0 bridgehead atoms. The zero-order chi connectivity index (χ0) is 11.1. The van der Waals surface area contributed by atoms with Crippen molar-refractivity contribution in [1.29, 1.82) is 0 Å². The SMILES string of the molecule is CC(=O)NCCNC(C)CC1CCCC1. The highest BCUT2D eigenvalue weighted by Gasteiger charge is 2.17. The normalized spacial score (nSPS) is 19.1. The number of carbonyl (C=O) groups is 1. The summed E-state index contributed by atoms with van der Waals surface area (Å²) in [6.07, 6.45) is 6.96. The van der Waals surface area contributed by atoms with Crippen LogP contribution in [0.25, 0.3) is 0 Å². The predicted octanol–water partition coefficient (Wildman–Crippen LogP) is 1.68. The first-order valence-electron chi connectivity index (χ1n) is 6.16. The van der Waals surface area contributed by atoms with E-state index in [0.29, 0.717) is 6.04 Å². The van der Waals surface area contributed by atoms with Gasteiger partial charge in [-0.15, -0.1) is 0 Å². The lowest BCUT2D eigenvalue weighted by Crippen LogP contribution is -2.35. The molecule has 3 heteroatoms. The summed E-state index contributed by atoms with van der Waals surface area (Å²) < 4.78 is 0. The lowest BCUT2D eigenvalue weighted by atomic mass is 9.99. The molecule has 0 heterocycles. The lowest BCUT2D eigenvalue weighted by Gasteiger charge is -2.17. The van der Waals surface area contributed by atoms with Gasteiger partial charge in [-0.2, -0.15) is 0 Å². The highest BCUT2D eigenvalue weighted by atomic mass is 16.1. The first kappa shape index (κ1) is 12.5. The van der Waals surface area contributed by atoms with Crippen molar-refractivity contribution in [2.75, 3.05) is 13.1 Å². The zero-order valence-electron chi connectivity index (χ0n) is 10.0. The molecule has 1 amide bonds. The van der Waals surface area contributed by atoms with E-state index in [0.717, 1.165) is 19.0 Å². The van der Waals surface area contributed by atoms with Gasteiger partial charge in [0.2, 0.25) is 5.91 Å². The molecule has 0 aromatic carbocycles. The summed E-state index contributed by atoms with van der Waals surface area (Å²) in [7, 11) is 0. The third kappa shape index (κ3) is 5.78. The summed E-state index contributed by atoms with van der Waals surface area (Å²) in [6, 6.07) is 0.585. The molecule has 0 aliphatic heterocycles. The number of amides is 1. The fraction of sp³-hybridized carbons (Fsp3) is 0.917. The van der Waals surface area contributed by atoms with Gasteiger partial charge < -0.3 is 10.6 Å². The van der Waals surface area contributed by atoms with Gasteiger partial charge in [-0.05, 0) is 19.3 Å². The Kier molecular flexibility index (Phi) is 5.69. The molecule has 1 atom stereocenters. The van der Waals surface area contributed by atoms with Crippen LogP contribution in [0.4, 0.5) is 0 Å². The van der Waals surface area contributed by atoms with Gasteiger partial charge >= 0.3 is 0 Å². The van der Waals surface area contributed by atoms with Gasteiger partial charge in [0.25, 0.3) is 0 Å². The van der Waals surface area contributed by atoms with Crippen molar-refractivity contribution in [3.8, 4) is 0 Å². The van der Waals surface area contributed by atoms with E-state index in [4.69, 9.17) is 0 Å². The van der Waals surface area contributed by atoms with Crippen LogP contribution in [0, 0.1) is 5.92 Å². The number of rotatable bonds is 6. The fourth-order valence-corrected chi connectivity index (χ4v) is 2.39. The van der Waals surface area contributed by atoms with Crippen molar-refractivity contribution in [3.63, 3.8) is 0 Å². The van der Waals surface area contributed by atoms with Crippen LogP contribution in [0.1, 0.15) is 46.0 Å². The second-order valence-corrected chi connectivity index (χ2v) is 4.72. The Morgan fingerprint density at radius 2 is 2.00 bits per heavy atom. The summed E-state index contributed by atoms with van der Waals surface area (Å²) in [4.78, 5) is 10.6. The molecule has 1 aliphatic carbocycles. The minimum atomic E-state index is 0.0558. The lowest BCUT2D eigenvalue weighted by molar-refractivity contribution is -0.118. The molecular weight excluding hydrogens is 188 g/mol. The molecule has 0 aromatic rings. The Morgan fingerprint density at radius 3 is 2.60 bits per heavy atom. The highest BCUT2D eigenvalue weighted by Crippen LogP contribution is 2.28. The Morgan fingerprint density at radius 1 is 1.33 bits per heavy atom. The first-order valence-corrected chi connectivity index (χ1v) is 6.16. The maximum absolute atomic E-state index is 10.6. The molecule has 15 heavy (non-hydrogen) atoms. The van der Waals surface area contributed by atoms with Crippen LogP contribution in [-0.2, 0) is 4.79 Å². The van der Waals surface area contributed by atoms with E-state index in [-0.39, 0.29) is 5.91 Å². The van der Waals surface area contributed by atoms with E-state index in [9.17, 15) is 4.79 Å². The monoisotopic (exact) mass is 212 g/mol. The van der Waals surface area contributed by atoms with Gasteiger partial charge in [-0.3, -0.25) is 4.79 Å². The van der Waals surface area contributed by atoms with Gasteiger partial charge in [0.1, 0.15) is 0 Å². The van der Waals surface area contributed by atoms with E-state index < -0.39 is 0 Å². The van der Waals surface area contributed by atoms with Gasteiger partial charge in [-0.25, -0.2) is 0 Å². The van der Waals surface area contributed by atoms with Gasteiger partial charge in [0.05, 0.1) is 0 Å². The molecule has 1 saturated carbocycles. The Balaban J connectivity index is 1.97. The van der Waals surface area contributed by atoms with Crippen molar-refractivity contribution in [2.24, 2.45) is 5.92 Å². The van der Waals surface area contributed by atoms with Crippen LogP contribution in [0.15, 0.2) is 0 Å². The summed E-state index contributed by atoms with van der Waals surface area (Å²) in [5.74, 6) is 0.994. The number of hydrogen-bond acceptors (Lipinski definition) is 2. The fourth-order valence-electron chi connectivity index (χ4n) is 2.39. The molecule has 0 aromatic heterocycles. The molecule has 0 saturated heterocycles. The van der Waals surface area contributed by atoms with Gasteiger partial charge in [0.15, 0.2) is 0 Å². The number of nitrogens with one attached hydrogen (secondary N) is 2. The molecule has 0 radical (unpaired) electrons. The molecule has 1 aliphatic rings. The maximum Gasteiger partial charge on any atom is 0.216 e. The maximum atomic E-state index is 10.6. The van der Waals surface area contributed by atoms with Crippen molar-refractivity contribution in [3.05, 3.63) is 0 Å². The zero-order valence-corrected chi connectivity index (χ0v) is 10.0.